The molecule has 0 aliphatic rings. The van der Waals surface area contributed by atoms with Crippen molar-refractivity contribution in [3.05, 3.63) is 78.2 Å². The number of benzene rings is 2. The number of alkyl halides is 3. The van der Waals surface area contributed by atoms with Gasteiger partial charge in [-0.1, -0.05) is 24.3 Å². The van der Waals surface area contributed by atoms with Crippen LogP contribution in [0.15, 0.2) is 76.2 Å². The number of furan rings is 1. The van der Waals surface area contributed by atoms with E-state index in [9.17, 15) is 21.6 Å². The SMILES string of the molecule is Cc1cc(-n2nc(C(F)(F)F)cc2-c2ccc(-c3ccco3)cc2)ccc1S(N)(=O)=O. The second kappa shape index (κ2) is 7.40. The molecule has 0 spiro atoms. The zero-order chi connectivity index (χ0) is 22.4. The number of hydrogen-bond acceptors (Lipinski definition) is 4. The molecule has 0 saturated heterocycles. The summed E-state index contributed by atoms with van der Waals surface area (Å²) in [5.41, 5.74) is 0.955. The first-order valence-corrected chi connectivity index (χ1v) is 10.5. The van der Waals surface area contributed by atoms with E-state index in [2.05, 4.69) is 5.10 Å². The van der Waals surface area contributed by atoms with E-state index in [0.29, 0.717) is 16.9 Å². The van der Waals surface area contributed by atoms with E-state index < -0.39 is 21.9 Å². The van der Waals surface area contributed by atoms with E-state index in [4.69, 9.17) is 9.56 Å². The van der Waals surface area contributed by atoms with Gasteiger partial charge in [0.25, 0.3) is 0 Å². The lowest BCUT2D eigenvalue weighted by atomic mass is 10.1. The van der Waals surface area contributed by atoms with Crippen molar-refractivity contribution < 1.29 is 26.0 Å². The number of primary sulfonamides is 1. The molecule has 6 nitrogen and oxygen atoms in total. The molecule has 0 atom stereocenters. The summed E-state index contributed by atoms with van der Waals surface area (Å²) in [4.78, 5) is -0.108. The van der Waals surface area contributed by atoms with Gasteiger partial charge in [-0.05, 0) is 48.9 Å². The Morgan fingerprint density at radius 1 is 1.00 bits per heavy atom. The van der Waals surface area contributed by atoms with Crippen molar-refractivity contribution >= 4 is 10.0 Å². The molecule has 10 heteroatoms. The Morgan fingerprint density at radius 3 is 2.23 bits per heavy atom. The summed E-state index contributed by atoms with van der Waals surface area (Å²) in [6.45, 7) is 1.51. The van der Waals surface area contributed by atoms with E-state index in [1.807, 2.05) is 0 Å². The number of nitrogens with zero attached hydrogens (tertiary/aromatic N) is 2. The van der Waals surface area contributed by atoms with Crippen molar-refractivity contribution in [3.8, 4) is 28.3 Å². The Hall–Kier alpha value is -3.37. The highest BCUT2D eigenvalue weighted by Crippen LogP contribution is 2.34. The molecule has 2 heterocycles. The van der Waals surface area contributed by atoms with Gasteiger partial charge in [-0.15, -0.1) is 0 Å². The maximum atomic E-state index is 13.4. The van der Waals surface area contributed by atoms with Gasteiger partial charge in [-0.2, -0.15) is 18.3 Å². The van der Waals surface area contributed by atoms with E-state index >= 15 is 0 Å². The fourth-order valence-electron chi connectivity index (χ4n) is 3.25. The van der Waals surface area contributed by atoms with Crippen LogP contribution >= 0.6 is 0 Å². The number of hydrogen-bond donors (Lipinski definition) is 1. The average molecular weight is 447 g/mol. The number of aromatic nitrogens is 2. The van der Waals surface area contributed by atoms with Gasteiger partial charge in [0.1, 0.15) is 5.76 Å². The van der Waals surface area contributed by atoms with Crippen molar-refractivity contribution in [2.75, 3.05) is 0 Å². The smallest absolute Gasteiger partial charge is 0.435 e. The predicted octanol–water partition coefficient (Wildman–Crippen LogP) is 4.77. The minimum absolute atomic E-state index is 0.108. The van der Waals surface area contributed by atoms with E-state index in [0.717, 1.165) is 16.3 Å². The van der Waals surface area contributed by atoms with Crippen LogP contribution in [0.1, 0.15) is 11.3 Å². The maximum absolute atomic E-state index is 13.4. The molecular weight excluding hydrogens is 431 g/mol. The Bertz CT molecular complexity index is 1340. The number of halogens is 3. The Kier molecular flexibility index (Phi) is 4.98. The monoisotopic (exact) mass is 447 g/mol. The molecule has 0 bridgehead atoms. The second-order valence-corrected chi connectivity index (χ2v) is 8.40. The first-order valence-electron chi connectivity index (χ1n) is 8.99. The van der Waals surface area contributed by atoms with Gasteiger partial charge in [0.05, 0.1) is 22.5 Å². The third-order valence-electron chi connectivity index (χ3n) is 4.70. The van der Waals surface area contributed by atoms with Crippen molar-refractivity contribution in [2.45, 2.75) is 18.0 Å². The third kappa shape index (κ3) is 4.12. The molecule has 160 valence electrons. The van der Waals surface area contributed by atoms with Crippen LogP contribution in [0.4, 0.5) is 13.2 Å². The average Bonchev–Trinajstić information content (AvgIpc) is 3.37. The Labute approximate surface area is 175 Å². The van der Waals surface area contributed by atoms with E-state index in [1.165, 1.54) is 31.4 Å². The summed E-state index contributed by atoms with van der Waals surface area (Å²) < 4.78 is 69.9. The minimum Gasteiger partial charge on any atom is -0.464 e. The highest BCUT2D eigenvalue weighted by atomic mass is 32.2. The van der Waals surface area contributed by atoms with Crippen LogP contribution < -0.4 is 5.14 Å². The quantitative estimate of drug-likeness (QED) is 0.488. The van der Waals surface area contributed by atoms with Gasteiger partial charge >= 0.3 is 6.18 Å². The number of sulfonamides is 1. The van der Waals surface area contributed by atoms with Crippen LogP contribution in [0.3, 0.4) is 0 Å². The van der Waals surface area contributed by atoms with Gasteiger partial charge in [0.2, 0.25) is 10.0 Å². The normalized spacial score (nSPS) is 12.3. The van der Waals surface area contributed by atoms with Gasteiger partial charge in [0.15, 0.2) is 5.69 Å². The van der Waals surface area contributed by atoms with Crippen LogP contribution in [0.25, 0.3) is 28.3 Å². The van der Waals surface area contributed by atoms with Gasteiger partial charge in [-0.3, -0.25) is 0 Å². The topological polar surface area (TPSA) is 91.1 Å². The lowest BCUT2D eigenvalue weighted by Gasteiger charge is -2.11. The summed E-state index contributed by atoms with van der Waals surface area (Å²) in [7, 11) is -3.96. The Balaban J connectivity index is 1.84. The molecular formula is C21H16F3N3O3S. The number of aryl methyl sites for hydroxylation is 1. The molecule has 0 aliphatic heterocycles. The second-order valence-electron chi connectivity index (χ2n) is 6.87. The summed E-state index contributed by atoms with van der Waals surface area (Å²) in [6.07, 6.45) is -3.12. The molecule has 0 unspecified atom stereocenters. The minimum atomic E-state index is -4.65. The van der Waals surface area contributed by atoms with E-state index in [1.54, 1.807) is 36.4 Å². The van der Waals surface area contributed by atoms with Gasteiger partial charge < -0.3 is 4.42 Å². The largest absolute Gasteiger partial charge is 0.464 e. The molecule has 2 aromatic carbocycles. The molecule has 2 N–H and O–H groups in total. The van der Waals surface area contributed by atoms with Crippen molar-refractivity contribution in [3.63, 3.8) is 0 Å². The summed E-state index contributed by atoms with van der Waals surface area (Å²) >= 11 is 0. The van der Waals surface area contributed by atoms with Crippen molar-refractivity contribution in [1.82, 2.24) is 9.78 Å². The van der Waals surface area contributed by atoms with Crippen LogP contribution in [-0.4, -0.2) is 18.2 Å². The summed E-state index contributed by atoms with van der Waals surface area (Å²) in [6, 6.07) is 15.3. The lowest BCUT2D eigenvalue weighted by molar-refractivity contribution is -0.141. The van der Waals surface area contributed by atoms with Gasteiger partial charge in [0, 0.05) is 11.1 Å². The molecule has 0 saturated carbocycles. The first kappa shape index (κ1) is 20.9. The number of rotatable bonds is 4. The van der Waals surface area contributed by atoms with Crippen LogP contribution in [0, 0.1) is 6.92 Å². The summed E-state index contributed by atoms with van der Waals surface area (Å²) in [5, 5.41) is 8.90. The number of nitrogens with two attached hydrogens (primary N) is 1. The van der Waals surface area contributed by atoms with E-state index in [-0.39, 0.29) is 16.3 Å². The maximum Gasteiger partial charge on any atom is 0.435 e. The molecule has 0 aliphatic carbocycles. The predicted molar refractivity (Wildman–Crippen MR) is 108 cm³/mol. The van der Waals surface area contributed by atoms with Crippen molar-refractivity contribution in [1.29, 1.82) is 0 Å². The lowest BCUT2D eigenvalue weighted by Crippen LogP contribution is -2.14. The molecule has 4 aromatic rings. The zero-order valence-electron chi connectivity index (χ0n) is 16.1. The summed E-state index contributed by atoms with van der Waals surface area (Å²) in [5.74, 6) is 0.630. The van der Waals surface area contributed by atoms with Crippen LogP contribution in [0.2, 0.25) is 0 Å². The molecule has 31 heavy (non-hydrogen) atoms. The third-order valence-corrected chi connectivity index (χ3v) is 5.77. The van der Waals surface area contributed by atoms with Crippen LogP contribution in [0.5, 0.6) is 0 Å². The zero-order valence-corrected chi connectivity index (χ0v) is 16.9. The highest BCUT2D eigenvalue weighted by Gasteiger charge is 2.35. The molecule has 2 aromatic heterocycles. The first-order chi connectivity index (χ1) is 14.5. The molecule has 4 rings (SSSR count). The fourth-order valence-corrected chi connectivity index (χ4v) is 4.02. The Morgan fingerprint density at radius 2 is 1.68 bits per heavy atom. The standard InChI is InChI=1S/C21H16F3N3O3S/c1-13-11-16(8-9-19(13)31(25,28)29)27-17(12-20(26-27)21(22,23)24)14-4-6-15(7-5-14)18-3-2-10-30-18/h2-12H,1H3,(H2,25,28,29). The molecule has 0 fully saturated rings. The van der Waals surface area contributed by atoms with Gasteiger partial charge in [-0.25, -0.2) is 18.2 Å². The fraction of sp³-hybridized carbons (Fsp3) is 0.0952. The highest BCUT2D eigenvalue weighted by molar-refractivity contribution is 7.89. The van der Waals surface area contributed by atoms with Crippen molar-refractivity contribution in [2.24, 2.45) is 5.14 Å². The molecule has 0 amide bonds. The van der Waals surface area contributed by atoms with Crippen LogP contribution in [-0.2, 0) is 16.2 Å². The molecule has 0 radical (unpaired) electrons.